The molecule has 0 aliphatic carbocycles. The van der Waals surface area contributed by atoms with Crippen LogP contribution in [0.3, 0.4) is 0 Å². The Morgan fingerprint density at radius 1 is 1.29 bits per heavy atom. The smallest absolute Gasteiger partial charge is 0.307 e. The second-order valence-electron chi connectivity index (χ2n) is 5.04. The summed E-state index contributed by atoms with van der Waals surface area (Å²) in [5.74, 6) is -1.80. The van der Waals surface area contributed by atoms with Gasteiger partial charge >= 0.3 is 5.97 Å². The predicted molar refractivity (Wildman–Crippen MR) is 75.9 cm³/mol. The molecule has 1 N–H and O–H groups in total. The van der Waals surface area contributed by atoms with Crippen LogP contribution in [0.1, 0.15) is 42.0 Å². The van der Waals surface area contributed by atoms with Crippen LogP contribution >= 0.6 is 0 Å². The van der Waals surface area contributed by atoms with Crippen LogP contribution in [0.4, 0.5) is 0 Å². The number of hydrogen-bond donors (Lipinski definition) is 1. The average Bonchev–Trinajstić information content (AvgIpc) is 2.61. The van der Waals surface area contributed by atoms with Gasteiger partial charge in [0.25, 0.3) is 11.7 Å². The summed E-state index contributed by atoms with van der Waals surface area (Å²) in [6.07, 6.45) is -0.169. The van der Waals surface area contributed by atoms with Crippen molar-refractivity contribution < 1.29 is 19.1 Å². The molecule has 7 nitrogen and oxygen atoms in total. The lowest BCUT2D eigenvalue weighted by Crippen LogP contribution is -2.33. The maximum absolute atomic E-state index is 12.1. The van der Waals surface area contributed by atoms with Crippen LogP contribution in [0, 0.1) is 13.8 Å². The summed E-state index contributed by atoms with van der Waals surface area (Å²) in [6, 6.07) is 0. The number of carbonyl (C=O) groups excluding carboxylic acids is 3. The molecule has 116 valence electrons. The molecule has 0 saturated heterocycles. The molecule has 7 heteroatoms. The molecule has 0 bridgehead atoms. The molecular formula is C14H21N3O4. The fourth-order valence-electron chi connectivity index (χ4n) is 1.90. The van der Waals surface area contributed by atoms with Gasteiger partial charge in [-0.3, -0.25) is 19.1 Å². The van der Waals surface area contributed by atoms with Crippen LogP contribution in [-0.2, 0) is 21.4 Å². The number of ketones is 1. The van der Waals surface area contributed by atoms with Crippen LogP contribution in [-0.4, -0.2) is 40.1 Å². The Hall–Kier alpha value is -2.18. The number of aromatic nitrogens is 2. The van der Waals surface area contributed by atoms with Crippen molar-refractivity contribution in [3.05, 3.63) is 17.0 Å². The van der Waals surface area contributed by atoms with Gasteiger partial charge < -0.3 is 10.1 Å². The monoisotopic (exact) mass is 295 g/mol. The van der Waals surface area contributed by atoms with Gasteiger partial charge in [0.15, 0.2) is 0 Å². The molecule has 1 amide bonds. The number of nitrogens with zero attached hydrogens (tertiary/aromatic N) is 2. The molecule has 0 radical (unpaired) electrons. The van der Waals surface area contributed by atoms with E-state index in [-0.39, 0.29) is 19.1 Å². The van der Waals surface area contributed by atoms with E-state index in [0.717, 1.165) is 0 Å². The van der Waals surface area contributed by atoms with E-state index in [9.17, 15) is 14.4 Å². The summed E-state index contributed by atoms with van der Waals surface area (Å²) >= 11 is 0. The summed E-state index contributed by atoms with van der Waals surface area (Å²) in [7, 11) is 1.71. The highest BCUT2D eigenvalue weighted by Crippen LogP contribution is 2.12. The van der Waals surface area contributed by atoms with Crippen molar-refractivity contribution in [2.24, 2.45) is 7.05 Å². The molecule has 0 aliphatic rings. The van der Waals surface area contributed by atoms with Gasteiger partial charge in [0.1, 0.15) is 0 Å². The Bertz CT molecular complexity index is 561. The maximum atomic E-state index is 12.1. The first-order valence-electron chi connectivity index (χ1n) is 6.76. The van der Waals surface area contributed by atoms with E-state index in [1.54, 1.807) is 39.4 Å². The largest absolute Gasteiger partial charge is 0.463 e. The zero-order valence-electron chi connectivity index (χ0n) is 13.0. The SMILES string of the molecule is Cc1nn(C)c(C)c1C(=O)C(=O)NCCC(=O)OC(C)C. The molecule has 1 aromatic heterocycles. The molecule has 0 aromatic carbocycles. The first-order chi connectivity index (χ1) is 9.73. The number of Topliss-reactive ketones (excluding diaryl/α,β-unsaturated/α-hetero) is 1. The van der Waals surface area contributed by atoms with Crippen LogP contribution < -0.4 is 5.32 Å². The zero-order chi connectivity index (χ0) is 16.2. The highest BCUT2D eigenvalue weighted by molar-refractivity contribution is 6.43. The van der Waals surface area contributed by atoms with Crippen LogP contribution in [0.15, 0.2) is 0 Å². The molecule has 21 heavy (non-hydrogen) atoms. The number of nitrogens with one attached hydrogen (secondary N) is 1. The lowest BCUT2D eigenvalue weighted by Gasteiger charge is -2.08. The quantitative estimate of drug-likeness (QED) is 0.473. The fraction of sp³-hybridized carbons (Fsp3) is 0.571. The Balaban J connectivity index is 2.56. The summed E-state index contributed by atoms with van der Waals surface area (Å²) in [4.78, 5) is 35.2. The third-order valence-corrected chi connectivity index (χ3v) is 2.92. The molecule has 0 atom stereocenters. The van der Waals surface area contributed by atoms with Gasteiger partial charge in [0, 0.05) is 19.3 Å². The van der Waals surface area contributed by atoms with Crippen LogP contribution in [0.25, 0.3) is 0 Å². The highest BCUT2D eigenvalue weighted by Gasteiger charge is 2.23. The van der Waals surface area contributed by atoms with Crippen molar-refractivity contribution in [2.45, 2.75) is 40.2 Å². The predicted octanol–water partition coefficient (Wildman–Crippen LogP) is 0.678. The van der Waals surface area contributed by atoms with Gasteiger partial charge in [-0.1, -0.05) is 0 Å². The van der Waals surface area contributed by atoms with E-state index in [1.807, 2.05) is 0 Å². The van der Waals surface area contributed by atoms with Gasteiger partial charge in [-0.2, -0.15) is 5.10 Å². The Labute approximate surface area is 123 Å². The molecule has 1 heterocycles. The number of hydrogen-bond acceptors (Lipinski definition) is 5. The standard InChI is InChI=1S/C14H21N3O4/c1-8(2)21-11(18)6-7-15-14(20)13(19)12-9(3)16-17(5)10(12)4/h8H,6-7H2,1-5H3,(H,15,20). The number of amides is 1. The number of esters is 1. The Morgan fingerprint density at radius 3 is 2.38 bits per heavy atom. The van der Waals surface area contributed by atoms with E-state index < -0.39 is 17.7 Å². The van der Waals surface area contributed by atoms with Crippen molar-refractivity contribution in [2.75, 3.05) is 6.54 Å². The third-order valence-electron chi connectivity index (χ3n) is 2.92. The van der Waals surface area contributed by atoms with E-state index in [0.29, 0.717) is 17.0 Å². The van der Waals surface area contributed by atoms with E-state index in [1.165, 1.54) is 0 Å². The van der Waals surface area contributed by atoms with Crippen LogP contribution in [0.2, 0.25) is 0 Å². The van der Waals surface area contributed by atoms with E-state index in [4.69, 9.17) is 4.74 Å². The van der Waals surface area contributed by atoms with E-state index >= 15 is 0 Å². The minimum atomic E-state index is -0.744. The second-order valence-corrected chi connectivity index (χ2v) is 5.04. The van der Waals surface area contributed by atoms with E-state index in [2.05, 4.69) is 10.4 Å². The normalized spacial score (nSPS) is 10.6. The Morgan fingerprint density at radius 2 is 1.90 bits per heavy atom. The minimum Gasteiger partial charge on any atom is -0.463 e. The molecule has 0 spiro atoms. The molecule has 1 rings (SSSR count). The van der Waals surface area contributed by atoms with Crippen molar-refractivity contribution in [1.29, 1.82) is 0 Å². The van der Waals surface area contributed by atoms with Crippen molar-refractivity contribution in [3.8, 4) is 0 Å². The number of aryl methyl sites for hydroxylation is 2. The third kappa shape index (κ3) is 4.40. The maximum Gasteiger partial charge on any atom is 0.307 e. The molecule has 1 aromatic rings. The lowest BCUT2D eigenvalue weighted by molar-refractivity contribution is -0.147. The number of ether oxygens (including phenoxy) is 1. The lowest BCUT2D eigenvalue weighted by atomic mass is 10.1. The first kappa shape index (κ1) is 16.9. The van der Waals surface area contributed by atoms with Gasteiger partial charge in [-0.05, 0) is 27.7 Å². The number of carbonyl (C=O) groups is 3. The van der Waals surface area contributed by atoms with Gasteiger partial charge in [-0.25, -0.2) is 0 Å². The molecule has 0 saturated carbocycles. The van der Waals surface area contributed by atoms with Crippen molar-refractivity contribution in [3.63, 3.8) is 0 Å². The molecular weight excluding hydrogens is 274 g/mol. The molecule has 0 aliphatic heterocycles. The van der Waals surface area contributed by atoms with Crippen LogP contribution in [0.5, 0.6) is 0 Å². The summed E-state index contributed by atoms with van der Waals surface area (Å²) in [5, 5.41) is 6.52. The molecule has 0 unspecified atom stereocenters. The van der Waals surface area contributed by atoms with Gasteiger partial charge in [0.05, 0.1) is 23.8 Å². The van der Waals surface area contributed by atoms with Gasteiger partial charge in [0.2, 0.25) is 0 Å². The molecule has 0 fully saturated rings. The van der Waals surface area contributed by atoms with Gasteiger partial charge in [-0.15, -0.1) is 0 Å². The summed E-state index contributed by atoms with van der Waals surface area (Å²) < 4.78 is 6.48. The van der Waals surface area contributed by atoms with Crippen molar-refractivity contribution >= 4 is 17.7 Å². The minimum absolute atomic E-state index is 0.0300. The Kier molecular flexibility index (Phi) is 5.63. The highest BCUT2D eigenvalue weighted by atomic mass is 16.5. The second kappa shape index (κ2) is 7.01. The summed E-state index contributed by atoms with van der Waals surface area (Å²) in [5.41, 5.74) is 1.45. The number of rotatable bonds is 6. The van der Waals surface area contributed by atoms with Crippen molar-refractivity contribution in [1.82, 2.24) is 15.1 Å². The first-order valence-corrected chi connectivity index (χ1v) is 6.76. The fourth-order valence-corrected chi connectivity index (χ4v) is 1.90. The summed E-state index contributed by atoms with van der Waals surface area (Å²) in [6.45, 7) is 6.95. The average molecular weight is 295 g/mol. The zero-order valence-corrected chi connectivity index (χ0v) is 13.0. The topological polar surface area (TPSA) is 90.3 Å².